The topological polar surface area (TPSA) is 79.8 Å². The Hall–Kier alpha value is -2.61. The molecule has 2 heterocycles. The van der Waals surface area contributed by atoms with Gasteiger partial charge in [-0.15, -0.1) is 0 Å². The van der Waals surface area contributed by atoms with Gasteiger partial charge in [-0.1, -0.05) is 30.0 Å². The number of fused-ring (bicyclic) bond motifs is 1. The number of amides is 1. The van der Waals surface area contributed by atoms with Crippen molar-refractivity contribution < 1.29 is 9.18 Å². The highest BCUT2D eigenvalue weighted by Gasteiger charge is 2.12. The van der Waals surface area contributed by atoms with E-state index < -0.39 is 0 Å². The maximum Gasteiger partial charge on any atom is 0.278 e. The van der Waals surface area contributed by atoms with Crippen molar-refractivity contribution in [3.8, 4) is 0 Å². The van der Waals surface area contributed by atoms with Crippen molar-refractivity contribution in [3.63, 3.8) is 0 Å². The smallest absolute Gasteiger partial charge is 0.278 e. The Morgan fingerprint density at radius 3 is 2.92 bits per heavy atom. The van der Waals surface area contributed by atoms with Crippen LogP contribution in [-0.2, 0) is 18.4 Å². The number of hydrogen-bond donors (Lipinski definition) is 2. The van der Waals surface area contributed by atoms with Crippen molar-refractivity contribution >= 4 is 28.7 Å². The lowest BCUT2D eigenvalue weighted by atomic mass is 10.2. The van der Waals surface area contributed by atoms with Gasteiger partial charge in [-0.25, -0.2) is 9.37 Å². The summed E-state index contributed by atoms with van der Waals surface area (Å²) in [5.41, 5.74) is 2.12. The fraction of sp³-hybridized carbons (Fsp3) is 0.235. The lowest BCUT2D eigenvalue weighted by Gasteiger charge is -2.08. The second kappa shape index (κ2) is 7.10. The van der Waals surface area contributed by atoms with Gasteiger partial charge in [0, 0.05) is 24.8 Å². The van der Waals surface area contributed by atoms with Crippen LogP contribution in [0, 0.1) is 12.7 Å². The number of nitrogens with one attached hydrogen (secondary N) is 2. The minimum Gasteiger partial charge on any atom is -0.353 e. The third-order valence-corrected chi connectivity index (χ3v) is 4.75. The molecule has 0 saturated heterocycles. The van der Waals surface area contributed by atoms with Crippen LogP contribution in [0.15, 0.2) is 40.3 Å². The number of H-pyrrole nitrogens is 1. The molecule has 130 valence electrons. The molecule has 8 heteroatoms. The lowest BCUT2D eigenvalue weighted by molar-refractivity contribution is -0.118. The van der Waals surface area contributed by atoms with Gasteiger partial charge >= 0.3 is 0 Å². The average molecular weight is 360 g/mol. The number of benzene rings is 1. The van der Waals surface area contributed by atoms with Crippen LogP contribution in [0.4, 0.5) is 4.39 Å². The number of nitrogens with zero attached hydrogens (tertiary/aromatic N) is 2. The highest BCUT2D eigenvalue weighted by molar-refractivity contribution is 7.99. The Bertz CT molecular complexity index is 996. The van der Waals surface area contributed by atoms with Gasteiger partial charge in [0.1, 0.15) is 11.3 Å². The standard InChI is InChI=1S/C17H17FN4O2S/c1-10-7-13-15(20-10)16(24)22(2)17(21-13)25-9-14(23)19-8-11-5-3-4-6-12(11)18/h3-7,20H,8-9H2,1-2H3,(H,19,23). The molecule has 1 aromatic carbocycles. The van der Waals surface area contributed by atoms with E-state index in [0.29, 0.717) is 21.8 Å². The summed E-state index contributed by atoms with van der Waals surface area (Å²) in [6.45, 7) is 1.97. The van der Waals surface area contributed by atoms with E-state index in [1.54, 1.807) is 31.3 Å². The quantitative estimate of drug-likeness (QED) is 0.540. The minimum absolute atomic E-state index is 0.0869. The van der Waals surface area contributed by atoms with E-state index >= 15 is 0 Å². The molecule has 0 radical (unpaired) electrons. The van der Waals surface area contributed by atoms with Gasteiger partial charge in [0.2, 0.25) is 5.91 Å². The molecule has 0 aliphatic carbocycles. The zero-order valence-corrected chi connectivity index (χ0v) is 14.6. The van der Waals surface area contributed by atoms with Crippen LogP contribution in [0.25, 0.3) is 11.0 Å². The molecule has 0 saturated carbocycles. The van der Waals surface area contributed by atoms with Gasteiger partial charge in [0.15, 0.2) is 5.16 Å². The van der Waals surface area contributed by atoms with Crippen molar-refractivity contribution in [2.75, 3.05) is 5.75 Å². The fourth-order valence-electron chi connectivity index (χ4n) is 2.40. The third kappa shape index (κ3) is 3.74. The maximum absolute atomic E-state index is 13.5. The molecule has 0 aliphatic heterocycles. The molecular formula is C17H17FN4O2S. The molecule has 0 atom stereocenters. The van der Waals surface area contributed by atoms with E-state index in [2.05, 4.69) is 15.3 Å². The first-order valence-corrected chi connectivity index (χ1v) is 8.63. The maximum atomic E-state index is 13.5. The Balaban J connectivity index is 1.66. The number of aromatic nitrogens is 3. The van der Waals surface area contributed by atoms with E-state index in [1.165, 1.54) is 10.6 Å². The Morgan fingerprint density at radius 1 is 1.40 bits per heavy atom. The second-order valence-electron chi connectivity index (χ2n) is 5.63. The van der Waals surface area contributed by atoms with Crippen LogP contribution >= 0.6 is 11.8 Å². The third-order valence-electron chi connectivity index (χ3n) is 3.72. The van der Waals surface area contributed by atoms with Gasteiger partial charge < -0.3 is 10.3 Å². The average Bonchev–Trinajstić information content (AvgIpc) is 2.96. The van der Waals surface area contributed by atoms with Gasteiger partial charge in [0.05, 0.1) is 11.3 Å². The van der Waals surface area contributed by atoms with E-state index in [0.717, 1.165) is 17.5 Å². The second-order valence-corrected chi connectivity index (χ2v) is 6.57. The molecular weight excluding hydrogens is 343 g/mol. The van der Waals surface area contributed by atoms with Crippen molar-refractivity contribution in [1.29, 1.82) is 0 Å². The summed E-state index contributed by atoms with van der Waals surface area (Å²) in [6, 6.07) is 8.08. The van der Waals surface area contributed by atoms with E-state index in [4.69, 9.17) is 0 Å². The van der Waals surface area contributed by atoms with Crippen molar-refractivity contribution in [2.45, 2.75) is 18.6 Å². The molecule has 2 N–H and O–H groups in total. The summed E-state index contributed by atoms with van der Waals surface area (Å²) in [6.07, 6.45) is 0. The minimum atomic E-state index is -0.354. The summed E-state index contributed by atoms with van der Waals surface area (Å²) in [4.78, 5) is 31.7. The molecule has 0 fully saturated rings. The number of aromatic amines is 1. The van der Waals surface area contributed by atoms with Gasteiger partial charge in [-0.2, -0.15) is 0 Å². The molecule has 3 rings (SSSR count). The van der Waals surface area contributed by atoms with Gasteiger partial charge in [-0.05, 0) is 19.1 Å². The van der Waals surface area contributed by atoms with Crippen molar-refractivity contribution in [2.24, 2.45) is 7.05 Å². The Labute approximate surface area is 147 Å². The Kier molecular flexibility index (Phi) is 4.89. The first-order chi connectivity index (χ1) is 12.0. The molecule has 1 amide bonds. The van der Waals surface area contributed by atoms with Crippen LogP contribution in [0.3, 0.4) is 0 Å². The summed E-state index contributed by atoms with van der Waals surface area (Å²) in [5.74, 6) is -0.524. The fourth-order valence-corrected chi connectivity index (χ4v) is 3.21. The van der Waals surface area contributed by atoms with Crippen LogP contribution in [0.5, 0.6) is 0 Å². The van der Waals surface area contributed by atoms with Gasteiger partial charge in [0.25, 0.3) is 5.56 Å². The molecule has 0 unspecified atom stereocenters. The number of aryl methyl sites for hydroxylation is 1. The number of halogens is 1. The largest absolute Gasteiger partial charge is 0.353 e. The molecule has 0 spiro atoms. The zero-order chi connectivity index (χ0) is 18.0. The van der Waals surface area contributed by atoms with Gasteiger partial charge in [-0.3, -0.25) is 14.2 Å². The van der Waals surface area contributed by atoms with Crippen molar-refractivity contribution in [1.82, 2.24) is 19.9 Å². The number of hydrogen-bond acceptors (Lipinski definition) is 4. The zero-order valence-electron chi connectivity index (χ0n) is 13.8. The molecule has 2 aromatic heterocycles. The van der Waals surface area contributed by atoms with Crippen LogP contribution in [0.2, 0.25) is 0 Å². The highest BCUT2D eigenvalue weighted by atomic mass is 32.2. The monoisotopic (exact) mass is 360 g/mol. The summed E-state index contributed by atoms with van der Waals surface area (Å²) in [7, 11) is 1.62. The number of thioether (sulfide) groups is 1. The summed E-state index contributed by atoms with van der Waals surface area (Å²) >= 11 is 1.16. The molecule has 25 heavy (non-hydrogen) atoms. The number of rotatable bonds is 5. The first-order valence-electron chi connectivity index (χ1n) is 7.65. The molecule has 3 aromatic rings. The number of carbonyl (C=O) groups is 1. The highest BCUT2D eigenvalue weighted by Crippen LogP contribution is 2.17. The predicted octanol–water partition coefficient (Wildman–Crippen LogP) is 2.12. The lowest BCUT2D eigenvalue weighted by Crippen LogP contribution is -2.26. The van der Waals surface area contributed by atoms with E-state index in [1.807, 2.05) is 6.92 Å². The van der Waals surface area contributed by atoms with Crippen LogP contribution in [-0.4, -0.2) is 26.2 Å². The van der Waals surface area contributed by atoms with Crippen LogP contribution in [0.1, 0.15) is 11.3 Å². The summed E-state index contributed by atoms with van der Waals surface area (Å²) in [5, 5.41) is 3.12. The summed E-state index contributed by atoms with van der Waals surface area (Å²) < 4.78 is 14.9. The Morgan fingerprint density at radius 2 is 2.16 bits per heavy atom. The molecule has 0 aliphatic rings. The first kappa shape index (κ1) is 17.2. The molecule has 6 nitrogen and oxygen atoms in total. The van der Waals surface area contributed by atoms with Crippen LogP contribution < -0.4 is 10.9 Å². The molecule has 0 bridgehead atoms. The SMILES string of the molecule is Cc1cc2nc(SCC(=O)NCc3ccccc3F)n(C)c(=O)c2[nH]1. The van der Waals surface area contributed by atoms with Crippen molar-refractivity contribution in [3.05, 3.63) is 57.8 Å². The normalized spacial score (nSPS) is 11.0. The predicted molar refractivity (Wildman–Crippen MR) is 95.0 cm³/mol. The number of carbonyl (C=O) groups excluding carboxylic acids is 1. The van der Waals surface area contributed by atoms with E-state index in [-0.39, 0.29) is 29.6 Å². The van der Waals surface area contributed by atoms with E-state index in [9.17, 15) is 14.0 Å².